The second kappa shape index (κ2) is 11.6. The van der Waals surface area contributed by atoms with Crippen molar-refractivity contribution < 1.29 is 14.3 Å². The van der Waals surface area contributed by atoms with E-state index < -0.39 is 5.41 Å². The van der Waals surface area contributed by atoms with Crippen LogP contribution in [0.5, 0.6) is 0 Å². The normalized spacial score (nSPS) is 15.0. The molecule has 1 saturated heterocycles. The molecule has 1 N–H and O–H groups in total. The number of ether oxygens (including phenoxy) is 1. The van der Waals surface area contributed by atoms with Crippen molar-refractivity contribution in [3.8, 4) is 0 Å². The zero-order chi connectivity index (χ0) is 23.6. The van der Waals surface area contributed by atoms with Crippen LogP contribution in [0.1, 0.15) is 29.5 Å². The molecule has 1 aliphatic rings. The summed E-state index contributed by atoms with van der Waals surface area (Å²) < 4.78 is 5.65. The number of hydrogen-bond donors (Lipinski definition) is 1. The first-order valence-corrected chi connectivity index (χ1v) is 11.9. The first-order valence-electron chi connectivity index (χ1n) is 11.9. The molecule has 0 saturated carbocycles. The molecule has 5 heteroatoms. The van der Waals surface area contributed by atoms with Crippen LogP contribution in [0.15, 0.2) is 91.0 Å². The van der Waals surface area contributed by atoms with Gasteiger partial charge in [-0.05, 0) is 36.0 Å². The Bertz CT molecular complexity index is 1050. The van der Waals surface area contributed by atoms with Gasteiger partial charge in [0.15, 0.2) is 0 Å². The Balaban J connectivity index is 1.36. The van der Waals surface area contributed by atoms with Gasteiger partial charge in [-0.1, -0.05) is 91.0 Å². The summed E-state index contributed by atoms with van der Waals surface area (Å²) in [7, 11) is 0. The van der Waals surface area contributed by atoms with Crippen LogP contribution in [-0.4, -0.2) is 36.4 Å². The number of carbonyl (C=O) groups is 2. The van der Waals surface area contributed by atoms with Gasteiger partial charge in [-0.2, -0.15) is 0 Å². The lowest BCUT2D eigenvalue weighted by molar-refractivity contribution is -0.143. The van der Waals surface area contributed by atoms with Crippen molar-refractivity contribution >= 4 is 11.8 Å². The molecule has 1 aliphatic heterocycles. The maximum Gasteiger partial charge on any atom is 0.248 e. The van der Waals surface area contributed by atoms with Crippen molar-refractivity contribution in [3.05, 3.63) is 108 Å². The van der Waals surface area contributed by atoms with E-state index in [-0.39, 0.29) is 18.4 Å². The van der Waals surface area contributed by atoms with E-state index in [2.05, 4.69) is 17.4 Å². The highest BCUT2D eigenvalue weighted by molar-refractivity contribution is 5.84. The van der Waals surface area contributed by atoms with Crippen molar-refractivity contribution in [2.75, 3.05) is 19.7 Å². The van der Waals surface area contributed by atoms with Gasteiger partial charge >= 0.3 is 0 Å². The molecule has 0 bridgehead atoms. The van der Waals surface area contributed by atoms with E-state index in [1.54, 1.807) is 0 Å². The Morgan fingerprint density at radius 1 is 0.765 bits per heavy atom. The molecular formula is C29H32N2O3. The van der Waals surface area contributed by atoms with E-state index >= 15 is 0 Å². The van der Waals surface area contributed by atoms with Gasteiger partial charge in [0.1, 0.15) is 6.61 Å². The lowest BCUT2D eigenvalue weighted by atomic mass is 9.73. The Morgan fingerprint density at radius 2 is 1.29 bits per heavy atom. The summed E-state index contributed by atoms with van der Waals surface area (Å²) in [4.78, 5) is 28.0. The third-order valence-electron chi connectivity index (χ3n) is 6.57. The smallest absolute Gasteiger partial charge is 0.248 e. The van der Waals surface area contributed by atoms with Crippen LogP contribution in [0.2, 0.25) is 0 Å². The minimum Gasteiger partial charge on any atom is -0.367 e. The van der Waals surface area contributed by atoms with Crippen molar-refractivity contribution in [3.63, 3.8) is 0 Å². The molecule has 4 rings (SSSR count). The fourth-order valence-electron chi connectivity index (χ4n) is 4.54. The molecule has 3 aromatic carbocycles. The summed E-state index contributed by atoms with van der Waals surface area (Å²) in [5.74, 6) is 0.0431. The van der Waals surface area contributed by atoms with Crippen LogP contribution in [-0.2, 0) is 33.9 Å². The van der Waals surface area contributed by atoms with E-state index in [0.29, 0.717) is 45.5 Å². The number of benzene rings is 3. The van der Waals surface area contributed by atoms with Crippen LogP contribution in [0.4, 0.5) is 0 Å². The zero-order valence-corrected chi connectivity index (χ0v) is 19.5. The number of carbonyl (C=O) groups excluding carboxylic acids is 2. The average Bonchev–Trinajstić information content (AvgIpc) is 2.89. The molecule has 0 atom stereocenters. The van der Waals surface area contributed by atoms with Gasteiger partial charge in [0.05, 0.1) is 12.0 Å². The summed E-state index contributed by atoms with van der Waals surface area (Å²) in [5.41, 5.74) is 2.74. The summed E-state index contributed by atoms with van der Waals surface area (Å²) >= 11 is 0. The minimum atomic E-state index is -0.530. The van der Waals surface area contributed by atoms with E-state index in [4.69, 9.17) is 4.74 Å². The van der Waals surface area contributed by atoms with Crippen molar-refractivity contribution in [1.82, 2.24) is 10.2 Å². The Morgan fingerprint density at radius 3 is 1.88 bits per heavy atom. The van der Waals surface area contributed by atoms with E-state index in [9.17, 15) is 9.59 Å². The van der Waals surface area contributed by atoms with Crippen molar-refractivity contribution in [2.24, 2.45) is 5.41 Å². The maximum atomic E-state index is 13.5. The molecule has 176 valence electrons. The molecule has 1 fully saturated rings. The third kappa shape index (κ3) is 6.33. The predicted octanol–water partition coefficient (Wildman–Crippen LogP) is 4.37. The molecule has 3 aromatic rings. The van der Waals surface area contributed by atoms with Crippen LogP contribution in [0.3, 0.4) is 0 Å². The Kier molecular flexibility index (Phi) is 8.10. The van der Waals surface area contributed by atoms with Crippen LogP contribution in [0.25, 0.3) is 0 Å². The number of nitrogens with one attached hydrogen (secondary N) is 1. The number of nitrogens with zero attached hydrogens (tertiary/aromatic N) is 1. The molecule has 34 heavy (non-hydrogen) atoms. The predicted molar refractivity (Wildman–Crippen MR) is 133 cm³/mol. The quantitative estimate of drug-likeness (QED) is 0.520. The maximum absolute atomic E-state index is 13.5. The molecule has 0 aliphatic carbocycles. The molecule has 0 radical (unpaired) electrons. The van der Waals surface area contributed by atoms with Crippen LogP contribution >= 0.6 is 0 Å². The largest absolute Gasteiger partial charge is 0.367 e. The first-order chi connectivity index (χ1) is 16.6. The summed E-state index contributed by atoms with van der Waals surface area (Å²) in [6, 6.07) is 29.9. The molecule has 0 aromatic heterocycles. The van der Waals surface area contributed by atoms with Gasteiger partial charge in [0, 0.05) is 19.6 Å². The van der Waals surface area contributed by atoms with Crippen molar-refractivity contribution in [1.29, 1.82) is 0 Å². The summed E-state index contributed by atoms with van der Waals surface area (Å²) in [6.07, 6.45) is 1.93. The highest BCUT2D eigenvalue weighted by atomic mass is 16.5. The monoisotopic (exact) mass is 456 g/mol. The fraction of sp³-hybridized carbons (Fsp3) is 0.310. The highest BCUT2D eigenvalue weighted by Crippen LogP contribution is 2.36. The minimum absolute atomic E-state index is 0.0195. The Hall–Kier alpha value is -3.44. The number of likely N-dealkylation sites (tertiary alicyclic amines) is 1. The van der Waals surface area contributed by atoms with Crippen molar-refractivity contribution in [2.45, 2.75) is 32.4 Å². The van der Waals surface area contributed by atoms with E-state index in [1.807, 2.05) is 83.8 Å². The summed E-state index contributed by atoms with van der Waals surface area (Å²) in [6.45, 7) is 2.09. The van der Waals surface area contributed by atoms with Gasteiger partial charge in [-0.15, -0.1) is 0 Å². The topological polar surface area (TPSA) is 58.6 Å². The lowest BCUT2D eigenvalue weighted by Crippen LogP contribution is -2.51. The van der Waals surface area contributed by atoms with Gasteiger partial charge in [-0.25, -0.2) is 0 Å². The average molecular weight is 457 g/mol. The number of amides is 2. The Labute approximate surface area is 201 Å². The third-order valence-corrected chi connectivity index (χ3v) is 6.57. The van der Waals surface area contributed by atoms with Crippen LogP contribution < -0.4 is 5.32 Å². The van der Waals surface area contributed by atoms with Gasteiger partial charge in [0.2, 0.25) is 11.8 Å². The standard InChI is InChI=1S/C29H32N2O3/c32-27(23-34-22-26-14-8-3-9-15-26)31-18-16-29(17-19-31,20-24-10-4-1-5-11-24)28(33)30-21-25-12-6-2-7-13-25/h1-15H,16-23H2,(H,30,33). The number of rotatable bonds is 9. The van der Waals surface area contributed by atoms with E-state index in [1.165, 1.54) is 0 Å². The first kappa shape index (κ1) is 23.7. The second-order valence-corrected chi connectivity index (χ2v) is 8.97. The fourth-order valence-corrected chi connectivity index (χ4v) is 4.54. The molecule has 0 unspecified atom stereocenters. The highest BCUT2D eigenvalue weighted by Gasteiger charge is 2.42. The molecule has 1 heterocycles. The molecule has 0 spiro atoms. The van der Waals surface area contributed by atoms with Crippen LogP contribution in [0, 0.1) is 5.41 Å². The summed E-state index contributed by atoms with van der Waals surface area (Å²) in [5, 5.41) is 3.16. The van der Waals surface area contributed by atoms with Gasteiger partial charge in [-0.3, -0.25) is 9.59 Å². The molecule has 5 nitrogen and oxygen atoms in total. The SMILES string of the molecule is O=C(COCc1ccccc1)N1CCC(Cc2ccccc2)(C(=O)NCc2ccccc2)CC1. The van der Waals surface area contributed by atoms with E-state index in [0.717, 1.165) is 16.7 Å². The number of hydrogen-bond acceptors (Lipinski definition) is 3. The molecule has 2 amide bonds. The van der Waals surface area contributed by atoms with Gasteiger partial charge < -0.3 is 15.0 Å². The zero-order valence-electron chi connectivity index (χ0n) is 19.5. The second-order valence-electron chi connectivity index (χ2n) is 8.97. The van der Waals surface area contributed by atoms with Gasteiger partial charge in [0.25, 0.3) is 0 Å². The lowest BCUT2D eigenvalue weighted by Gasteiger charge is -2.41. The molecular weight excluding hydrogens is 424 g/mol. The number of piperidine rings is 1.